The van der Waals surface area contributed by atoms with Crippen LogP contribution in [0.4, 0.5) is 5.69 Å². The van der Waals surface area contributed by atoms with Crippen molar-refractivity contribution < 1.29 is 4.79 Å². The molecule has 3 fully saturated rings. The van der Waals surface area contributed by atoms with E-state index in [1.165, 1.54) is 52.8 Å². The van der Waals surface area contributed by atoms with E-state index in [0.717, 1.165) is 58.4 Å². The lowest BCUT2D eigenvalue weighted by molar-refractivity contribution is -0.134. The van der Waals surface area contributed by atoms with E-state index in [9.17, 15) is 4.79 Å². The number of rotatable bonds is 5. The molecule has 2 heterocycles. The summed E-state index contributed by atoms with van der Waals surface area (Å²) in [5, 5.41) is 0. The molecule has 5 nitrogen and oxygen atoms in total. The first-order valence-corrected chi connectivity index (χ1v) is 13.2. The maximum atomic E-state index is 12.9. The van der Waals surface area contributed by atoms with Crippen LogP contribution < -0.4 is 4.90 Å². The van der Waals surface area contributed by atoms with Crippen LogP contribution in [0.5, 0.6) is 0 Å². The third-order valence-corrected chi connectivity index (χ3v) is 8.19. The van der Waals surface area contributed by atoms with Crippen LogP contribution in [0.15, 0.2) is 36.4 Å². The largest absolute Gasteiger partial charge is 0.369 e. The molecule has 5 heteroatoms. The van der Waals surface area contributed by atoms with Crippen molar-refractivity contribution in [1.82, 2.24) is 14.7 Å². The molecule has 1 saturated carbocycles. The molecule has 0 spiro atoms. The van der Waals surface area contributed by atoms with Crippen molar-refractivity contribution >= 4 is 11.6 Å². The predicted octanol–water partition coefficient (Wildman–Crippen LogP) is 4.10. The van der Waals surface area contributed by atoms with E-state index in [0.29, 0.717) is 12.5 Å². The molecule has 3 aliphatic rings. The van der Waals surface area contributed by atoms with Crippen molar-refractivity contribution in [3.8, 4) is 11.1 Å². The molecule has 2 aromatic carbocycles. The summed E-state index contributed by atoms with van der Waals surface area (Å²) in [4.78, 5) is 22.4. The third-order valence-electron chi connectivity index (χ3n) is 8.19. The Morgan fingerprint density at radius 2 is 1.44 bits per heavy atom. The Kier molecular flexibility index (Phi) is 6.94. The van der Waals surface area contributed by atoms with Crippen LogP contribution in [0, 0.1) is 20.8 Å². The number of anilines is 1. The van der Waals surface area contributed by atoms with Crippen molar-refractivity contribution in [1.29, 1.82) is 0 Å². The summed E-state index contributed by atoms with van der Waals surface area (Å²) in [6, 6.07) is 14.4. The van der Waals surface area contributed by atoms with Gasteiger partial charge in [0.15, 0.2) is 0 Å². The monoisotopic (exact) mass is 460 g/mol. The summed E-state index contributed by atoms with van der Waals surface area (Å²) in [5.74, 6) is 0.315. The van der Waals surface area contributed by atoms with Crippen molar-refractivity contribution in [3.05, 3.63) is 53.1 Å². The fourth-order valence-electron chi connectivity index (χ4n) is 6.02. The second kappa shape index (κ2) is 10.1. The first-order valence-electron chi connectivity index (χ1n) is 13.2. The number of hydrogen-bond donors (Lipinski definition) is 0. The van der Waals surface area contributed by atoms with E-state index in [-0.39, 0.29) is 0 Å². The van der Waals surface area contributed by atoms with Crippen molar-refractivity contribution in [2.24, 2.45) is 0 Å². The molecule has 0 bridgehead atoms. The molecule has 2 aromatic rings. The highest BCUT2D eigenvalue weighted by Crippen LogP contribution is 2.30. The van der Waals surface area contributed by atoms with Crippen molar-refractivity contribution in [2.45, 2.75) is 46.1 Å². The smallest absolute Gasteiger partial charge is 0.236 e. The van der Waals surface area contributed by atoms with Gasteiger partial charge in [0.05, 0.1) is 6.54 Å². The number of carbonyl (C=O) groups is 1. The molecule has 2 aliphatic heterocycles. The van der Waals surface area contributed by atoms with Gasteiger partial charge >= 0.3 is 0 Å². The van der Waals surface area contributed by atoms with Crippen molar-refractivity contribution in [3.63, 3.8) is 0 Å². The molecule has 182 valence electrons. The Morgan fingerprint density at radius 3 is 2.00 bits per heavy atom. The number of amides is 1. The molecule has 0 radical (unpaired) electrons. The highest BCUT2D eigenvalue weighted by atomic mass is 16.2. The molecule has 1 aliphatic carbocycles. The van der Waals surface area contributed by atoms with E-state index in [2.05, 4.69) is 76.8 Å². The van der Waals surface area contributed by atoms with Gasteiger partial charge in [0.2, 0.25) is 5.91 Å². The zero-order valence-electron chi connectivity index (χ0n) is 21.2. The van der Waals surface area contributed by atoms with E-state index in [1.54, 1.807) is 0 Å². The highest BCUT2D eigenvalue weighted by molar-refractivity contribution is 5.78. The number of hydrogen-bond acceptors (Lipinski definition) is 4. The lowest BCUT2D eigenvalue weighted by Crippen LogP contribution is -2.56. The van der Waals surface area contributed by atoms with E-state index >= 15 is 0 Å². The minimum atomic E-state index is 0.315. The molecule has 0 atom stereocenters. The van der Waals surface area contributed by atoms with Gasteiger partial charge in [-0.25, -0.2) is 0 Å². The summed E-state index contributed by atoms with van der Waals surface area (Å²) in [6.07, 6.45) is 4.09. The Balaban J connectivity index is 1.11. The average Bonchev–Trinajstić information content (AvgIpc) is 2.79. The predicted molar refractivity (Wildman–Crippen MR) is 141 cm³/mol. The van der Waals surface area contributed by atoms with Gasteiger partial charge in [-0.3, -0.25) is 14.6 Å². The molecule has 34 heavy (non-hydrogen) atoms. The first-order chi connectivity index (χ1) is 16.5. The zero-order chi connectivity index (χ0) is 23.7. The number of aryl methyl sites for hydroxylation is 3. The minimum absolute atomic E-state index is 0.315. The molecule has 0 N–H and O–H groups in total. The van der Waals surface area contributed by atoms with Crippen LogP contribution in [0.1, 0.15) is 36.0 Å². The van der Waals surface area contributed by atoms with Crippen LogP contribution in [-0.2, 0) is 4.79 Å². The van der Waals surface area contributed by atoms with Crippen LogP contribution >= 0.6 is 0 Å². The van der Waals surface area contributed by atoms with Crippen LogP contribution in [0.3, 0.4) is 0 Å². The lowest BCUT2D eigenvalue weighted by Gasteiger charge is -2.43. The minimum Gasteiger partial charge on any atom is -0.369 e. The molecule has 2 saturated heterocycles. The van der Waals surface area contributed by atoms with E-state index in [1.807, 2.05) is 0 Å². The van der Waals surface area contributed by atoms with Gasteiger partial charge in [0.25, 0.3) is 0 Å². The van der Waals surface area contributed by atoms with Gasteiger partial charge in [-0.2, -0.15) is 0 Å². The summed E-state index contributed by atoms with van der Waals surface area (Å²) < 4.78 is 0. The maximum absolute atomic E-state index is 12.9. The molecule has 0 unspecified atom stereocenters. The fourth-order valence-corrected chi connectivity index (χ4v) is 6.02. The average molecular weight is 461 g/mol. The van der Waals surface area contributed by atoms with Gasteiger partial charge in [0, 0.05) is 64.1 Å². The molecule has 5 rings (SSSR count). The zero-order valence-corrected chi connectivity index (χ0v) is 21.2. The molecule has 1 amide bonds. The quantitative estimate of drug-likeness (QED) is 0.672. The standard InChI is InChI=1S/C29H40N4O/c1-22-19-23(2)29(24(3)20-22)25-7-9-27(10-8-25)31-13-11-30(12-14-31)21-28(34)33-17-15-32(16-18-33)26-5-4-6-26/h7-10,19-20,26H,4-6,11-18,21H2,1-3H3. The highest BCUT2D eigenvalue weighted by Gasteiger charge is 2.30. The number of piperazine rings is 2. The Hall–Kier alpha value is -2.37. The van der Waals surface area contributed by atoms with Gasteiger partial charge in [-0.05, 0) is 68.0 Å². The van der Waals surface area contributed by atoms with Gasteiger partial charge in [0.1, 0.15) is 0 Å². The second-order valence-electron chi connectivity index (χ2n) is 10.6. The topological polar surface area (TPSA) is 30.0 Å². The number of benzene rings is 2. The van der Waals surface area contributed by atoms with Crippen LogP contribution in [0.25, 0.3) is 11.1 Å². The molecular weight excluding hydrogens is 420 g/mol. The molecular formula is C29H40N4O. The van der Waals surface area contributed by atoms with Gasteiger partial charge in [-0.15, -0.1) is 0 Å². The molecule has 0 aromatic heterocycles. The Bertz CT molecular complexity index is 974. The van der Waals surface area contributed by atoms with Gasteiger partial charge in [-0.1, -0.05) is 36.2 Å². The van der Waals surface area contributed by atoms with Gasteiger partial charge < -0.3 is 9.80 Å². The Labute approximate surface area is 205 Å². The van der Waals surface area contributed by atoms with E-state index < -0.39 is 0 Å². The fraction of sp³-hybridized carbons (Fsp3) is 0.552. The van der Waals surface area contributed by atoms with Crippen LogP contribution in [0.2, 0.25) is 0 Å². The van der Waals surface area contributed by atoms with Crippen LogP contribution in [-0.4, -0.2) is 85.6 Å². The van der Waals surface area contributed by atoms with Crippen molar-refractivity contribution in [2.75, 3.05) is 63.8 Å². The van der Waals surface area contributed by atoms with E-state index in [4.69, 9.17) is 0 Å². The second-order valence-corrected chi connectivity index (χ2v) is 10.6. The number of carbonyl (C=O) groups excluding carboxylic acids is 1. The first kappa shape index (κ1) is 23.4. The third kappa shape index (κ3) is 5.01. The summed E-state index contributed by atoms with van der Waals surface area (Å²) >= 11 is 0. The summed E-state index contributed by atoms with van der Waals surface area (Å²) in [6.45, 7) is 14.9. The maximum Gasteiger partial charge on any atom is 0.236 e. The normalized spacial score (nSPS) is 20.4. The SMILES string of the molecule is Cc1cc(C)c(-c2ccc(N3CCN(CC(=O)N4CCN(C5CCC5)CC4)CC3)cc2)c(C)c1. The summed E-state index contributed by atoms with van der Waals surface area (Å²) in [7, 11) is 0. The summed E-state index contributed by atoms with van der Waals surface area (Å²) in [5.41, 5.74) is 7.93. The number of nitrogens with zero attached hydrogens (tertiary/aromatic N) is 4. The lowest BCUT2D eigenvalue weighted by atomic mass is 9.91. The Morgan fingerprint density at radius 1 is 0.824 bits per heavy atom.